The number of carbonyl (C=O) groups is 2. The summed E-state index contributed by atoms with van der Waals surface area (Å²) < 4.78 is 10.3. The van der Waals surface area contributed by atoms with Crippen molar-refractivity contribution in [3.63, 3.8) is 0 Å². The van der Waals surface area contributed by atoms with Crippen LogP contribution in [0.5, 0.6) is 5.75 Å². The van der Waals surface area contributed by atoms with Crippen molar-refractivity contribution < 1.29 is 19.1 Å². The molecule has 1 aromatic carbocycles. The largest absolute Gasteiger partial charge is 0.497 e. The topological polar surface area (TPSA) is 71.1 Å². The van der Waals surface area contributed by atoms with Gasteiger partial charge in [0.1, 0.15) is 5.75 Å². The van der Waals surface area contributed by atoms with E-state index < -0.39 is 0 Å². The van der Waals surface area contributed by atoms with Gasteiger partial charge in [-0.15, -0.1) is 23.7 Å². The van der Waals surface area contributed by atoms with Gasteiger partial charge >= 0.3 is 6.09 Å². The van der Waals surface area contributed by atoms with E-state index in [2.05, 4.69) is 16.3 Å². The molecule has 1 spiro atoms. The minimum Gasteiger partial charge on any atom is -0.497 e. The zero-order chi connectivity index (χ0) is 24.0. The molecule has 35 heavy (non-hydrogen) atoms. The first-order valence-electron chi connectivity index (χ1n) is 12.1. The number of methoxy groups -OCH3 is 1. The number of alkyl carbamates (subject to hydrolysis) is 1. The summed E-state index contributed by atoms with van der Waals surface area (Å²) in [6.07, 6.45) is 3.20. The summed E-state index contributed by atoms with van der Waals surface area (Å²) in [7, 11) is 1.66. The third kappa shape index (κ3) is 6.68. The third-order valence-corrected chi connectivity index (χ3v) is 8.12. The summed E-state index contributed by atoms with van der Waals surface area (Å²) in [6, 6.07) is 12.0. The molecule has 1 atom stereocenters. The number of rotatable bonds is 9. The van der Waals surface area contributed by atoms with E-state index in [9.17, 15) is 9.59 Å². The van der Waals surface area contributed by atoms with Crippen LogP contribution in [0.15, 0.2) is 41.8 Å². The number of nitrogens with zero attached hydrogens (tertiary/aromatic N) is 2. The number of hydrogen-bond acceptors (Lipinski definition) is 6. The van der Waals surface area contributed by atoms with Gasteiger partial charge in [-0.2, -0.15) is 0 Å². The summed E-state index contributed by atoms with van der Waals surface area (Å²) in [5, 5.41) is 5.04. The molecule has 2 amide bonds. The van der Waals surface area contributed by atoms with Gasteiger partial charge < -0.3 is 24.6 Å². The standard InChI is InChI=1S/C26H35N3O4S.ClH/c1-3-33-25(31)27-22(23-5-4-18-34-23)10-14-28-15-11-26(12-16-28)13-17-29(24(26)30)19-20-6-8-21(32-2)9-7-20;/h4-9,18,22H,3,10-17,19H2,1-2H3,(H,27,31);1H. The maximum atomic E-state index is 13.3. The lowest BCUT2D eigenvalue weighted by atomic mass is 9.77. The van der Waals surface area contributed by atoms with E-state index in [-0.39, 0.29) is 30.0 Å². The molecule has 0 bridgehead atoms. The van der Waals surface area contributed by atoms with Gasteiger partial charge in [-0.25, -0.2) is 4.79 Å². The van der Waals surface area contributed by atoms with Crippen LogP contribution < -0.4 is 10.1 Å². The Kier molecular flexibility index (Phi) is 9.83. The van der Waals surface area contributed by atoms with Crippen LogP contribution in [0.25, 0.3) is 0 Å². The zero-order valence-electron chi connectivity index (χ0n) is 20.5. The molecule has 4 rings (SSSR count). The van der Waals surface area contributed by atoms with Crippen LogP contribution in [0.4, 0.5) is 4.79 Å². The van der Waals surface area contributed by atoms with Gasteiger partial charge in [0.05, 0.1) is 25.2 Å². The van der Waals surface area contributed by atoms with Crippen molar-refractivity contribution in [2.24, 2.45) is 5.41 Å². The van der Waals surface area contributed by atoms with Crippen molar-refractivity contribution in [3.05, 3.63) is 52.2 Å². The Morgan fingerprint density at radius 2 is 1.86 bits per heavy atom. The Balaban J connectivity index is 0.00000342. The molecule has 0 saturated carbocycles. The first-order valence-corrected chi connectivity index (χ1v) is 13.0. The Hall–Kier alpha value is -2.29. The second kappa shape index (κ2) is 12.6. The lowest BCUT2D eigenvalue weighted by molar-refractivity contribution is -0.138. The fraction of sp³-hybridized carbons (Fsp3) is 0.538. The van der Waals surface area contributed by atoms with E-state index >= 15 is 0 Å². The number of carbonyl (C=O) groups excluding carboxylic acids is 2. The summed E-state index contributed by atoms with van der Waals surface area (Å²) in [5.74, 6) is 1.14. The second-order valence-electron chi connectivity index (χ2n) is 9.17. The van der Waals surface area contributed by atoms with Crippen molar-refractivity contribution in [3.8, 4) is 5.75 Å². The van der Waals surface area contributed by atoms with E-state index in [0.29, 0.717) is 19.1 Å². The van der Waals surface area contributed by atoms with Crippen molar-refractivity contribution in [1.82, 2.24) is 15.1 Å². The molecule has 2 aliphatic rings. The van der Waals surface area contributed by atoms with Crippen molar-refractivity contribution in [1.29, 1.82) is 0 Å². The molecule has 1 N–H and O–H groups in total. The lowest BCUT2D eigenvalue weighted by Gasteiger charge is -2.38. The molecule has 9 heteroatoms. The third-order valence-electron chi connectivity index (χ3n) is 7.13. The van der Waals surface area contributed by atoms with Crippen LogP contribution in [0.2, 0.25) is 0 Å². The fourth-order valence-corrected chi connectivity index (χ4v) is 5.88. The van der Waals surface area contributed by atoms with E-state index in [1.54, 1.807) is 18.4 Å². The summed E-state index contributed by atoms with van der Waals surface area (Å²) in [4.78, 5) is 30.9. The Bertz CT molecular complexity index is 946. The lowest BCUT2D eigenvalue weighted by Crippen LogP contribution is -2.45. The number of hydrogen-bond donors (Lipinski definition) is 1. The number of ether oxygens (including phenoxy) is 2. The molecule has 2 aromatic rings. The molecule has 0 radical (unpaired) electrons. The van der Waals surface area contributed by atoms with E-state index in [1.165, 1.54) is 0 Å². The molecule has 2 aliphatic heterocycles. The number of amides is 2. The van der Waals surface area contributed by atoms with Crippen LogP contribution in [0, 0.1) is 5.41 Å². The number of likely N-dealkylation sites (tertiary alicyclic amines) is 2. The first kappa shape index (κ1) is 27.3. The van der Waals surface area contributed by atoms with Crippen LogP contribution >= 0.6 is 23.7 Å². The Labute approximate surface area is 218 Å². The molecule has 1 aromatic heterocycles. The molecule has 2 saturated heterocycles. The van der Waals surface area contributed by atoms with E-state index in [4.69, 9.17) is 9.47 Å². The quantitative estimate of drug-likeness (QED) is 0.509. The number of piperidine rings is 1. The zero-order valence-corrected chi connectivity index (χ0v) is 22.2. The molecular weight excluding hydrogens is 486 g/mol. The maximum absolute atomic E-state index is 13.3. The fourth-order valence-electron chi connectivity index (χ4n) is 5.07. The van der Waals surface area contributed by atoms with Gasteiger partial charge in [0.25, 0.3) is 0 Å². The highest BCUT2D eigenvalue weighted by molar-refractivity contribution is 7.10. The Morgan fingerprint density at radius 1 is 1.14 bits per heavy atom. The average Bonchev–Trinajstić information content (AvgIpc) is 3.49. The molecule has 3 heterocycles. The molecular formula is C26H36ClN3O4S. The maximum Gasteiger partial charge on any atom is 0.407 e. The van der Waals surface area contributed by atoms with Crippen molar-refractivity contribution in [2.45, 2.75) is 45.2 Å². The van der Waals surface area contributed by atoms with Crippen molar-refractivity contribution >= 4 is 35.7 Å². The molecule has 7 nitrogen and oxygen atoms in total. The van der Waals surface area contributed by atoms with Crippen LogP contribution in [-0.2, 0) is 16.1 Å². The Morgan fingerprint density at radius 3 is 2.49 bits per heavy atom. The molecule has 1 unspecified atom stereocenters. The monoisotopic (exact) mass is 521 g/mol. The summed E-state index contributed by atoms with van der Waals surface area (Å²) >= 11 is 1.65. The predicted octanol–water partition coefficient (Wildman–Crippen LogP) is 4.87. The summed E-state index contributed by atoms with van der Waals surface area (Å²) in [5.41, 5.74) is 0.927. The smallest absolute Gasteiger partial charge is 0.407 e. The number of thiophene rings is 1. The minimum atomic E-state index is -0.369. The van der Waals surface area contributed by atoms with Crippen LogP contribution in [-0.4, -0.2) is 61.7 Å². The van der Waals surface area contributed by atoms with Crippen LogP contribution in [0.1, 0.15) is 49.1 Å². The van der Waals surface area contributed by atoms with E-state index in [0.717, 1.165) is 68.1 Å². The predicted molar refractivity (Wildman–Crippen MR) is 140 cm³/mol. The highest BCUT2D eigenvalue weighted by atomic mass is 35.5. The van der Waals surface area contributed by atoms with Crippen molar-refractivity contribution in [2.75, 3.05) is 39.9 Å². The number of benzene rings is 1. The SMILES string of the molecule is CCOC(=O)NC(CCN1CCC2(CC1)CCN(Cc1ccc(OC)cc1)C2=O)c1cccs1.Cl. The van der Waals surface area contributed by atoms with Crippen LogP contribution in [0.3, 0.4) is 0 Å². The van der Waals surface area contributed by atoms with Gasteiger partial charge in [-0.3, -0.25) is 4.79 Å². The second-order valence-corrected chi connectivity index (χ2v) is 10.1. The van der Waals surface area contributed by atoms with Gasteiger partial charge in [-0.05, 0) is 74.8 Å². The number of halogens is 1. The highest BCUT2D eigenvalue weighted by Crippen LogP contribution is 2.42. The normalized spacial score (nSPS) is 18.2. The highest BCUT2D eigenvalue weighted by Gasteiger charge is 2.47. The first-order chi connectivity index (χ1) is 16.5. The summed E-state index contributed by atoms with van der Waals surface area (Å²) in [6.45, 7) is 6.38. The van der Waals surface area contributed by atoms with Gasteiger partial charge in [0.15, 0.2) is 0 Å². The molecule has 192 valence electrons. The minimum absolute atomic E-state index is 0. The number of nitrogens with one attached hydrogen (secondary N) is 1. The van der Waals surface area contributed by atoms with Gasteiger partial charge in [0.2, 0.25) is 5.91 Å². The van der Waals surface area contributed by atoms with E-state index in [1.807, 2.05) is 47.5 Å². The average molecular weight is 522 g/mol. The molecule has 2 fully saturated rings. The van der Waals surface area contributed by atoms with Gasteiger partial charge in [0, 0.05) is 24.5 Å². The van der Waals surface area contributed by atoms with Gasteiger partial charge in [-0.1, -0.05) is 18.2 Å². The molecule has 0 aliphatic carbocycles.